The summed E-state index contributed by atoms with van der Waals surface area (Å²) >= 11 is 6.22. The van der Waals surface area contributed by atoms with Crippen LogP contribution in [0.5, 0.6) is 5.75 Å². The quantitative estimate of drug-likeness (QED) is 0.906. The van der Waals surface area contributed by atoms with Crippen molar-refractivity contribution in [2.75, 3.05) is 26.2 Å². The van der Waals surface area contributed by atoms with Crippen LogP contribution in [-0.4, -0.2) is 31.1 Å². The summed E-state index contributed by atoms with van der Waals surface area (Å²) in [6.45, 7) is 4.87. The third-order valence-electron chi connectivity index (χ3n) is 3.90. The first kappa shape index (κ1) is 16.2. The highest BCUT2D eigenvalue weighted by Crippen LogP contribution is 2.30. The van der Waals surface area contributed by atoms with E-state index >= 15 is 0 Å². The van der Waals surface area contributed by atoms with Gasteiger partial charge in [-0.3, -0.25) is 4.90 Å². The summed E-state index contributed by atoms with van der Waals surface area (Å²) in [5.74, 6) is -0.279. The molecule has 23 heavy (non-hydrogen) atoms. The molecule has 0 amide bonds. The maximum atomic E-state index is 14.3. The Kier molecular flexibility index (Phi) is 5.49. The smallest absolute Gasteiger partial charge is 0.174 e. The number of hydrogen-bond donors (Lipinski definition) is 1. The molecule has 1 fully saturated rings. The Morgan fingerprint density at radius 3 is 2.52 bits per heavy atom. The second-order valence-electron chi connectivity index (χ2n) is 5.69. The third-order valence-corrected chi connectivity index (χ3v) is 4.18. The van der Waals surface area contributed by atoms with Crippen molar-refractivity contribution in [3.8, 4) is 5.75 Å². The lowest BCUT2D eigenvalue weighted by molar-refractivity contribution is 0.232. The number of nitrogens with zero attached hydrogens (tertiary/aromatic N) is 1. The molecule has 0 saturated carbocycles. The maximum Gasteiger partial charge on any atom is 0.174 e. The Bertz CT molecular complexity index is 622. The second-order valence-corrected chi connectivity index (χ2v) is 6.10. The number of piperazine rings is 1. The van der Waals surface area contributed by atoms with Gasteiger partial charge in [0.05, 0.1) is 5.02 Å². The van der Waals surface area contributed by atoms with Crippen LogP contribution in [0.15, 0.2) is 42.5 Å². The van der Waals surface area contributed by atoms with Gasteiger partial charge in [0.2, 0.25) is 0 Å². The Balaban J connectivity index is 1.67. The topological polar surface area (TPSA) is 24.5 Å². The first-order chi connectivity index (χ1) is 11.2. The summed E-state index contributed by atoms with van der Waals surface area (Å²) in [6.07, 6.45) is 0. The number of nitrogens with one attached hydrogen (secondary N) is 1. The largest absolute Gasteiger partial charge is 0.484 e. The van der Waals surface area contributed by atoms with Crippen molar-refractivity contribution in [1.29, 1.82) is 0 Å². The molecule has 0 radical (unpaired) electrons. The standard InChI is InChI=1S/C18H20ClFN2O/c19-16-10-15(12-22-8-6-21-7-9-22)11-17(20)18(16)23-13-14-4-2-1-3-5-14/h1-5,10-11,21H,6-9,12-13H2. The van der Waals surface area contributed by atoms with E-state index in [-0.39, 0.29) is 5.75 Å². The van der Waals surface area contributed by atoms with E-state index in [2.05, 4.69) is 10.2 Å². The van der Waals surface area contributed by atoms with Crippen LogP contribution < -0.4 is 10.1 Å². The van der Waals surface area contributed by atoms with Gasteiger partial charge in [0.1, 0.15) is 6.61 Å². The Morgan fingerprint density at radius 2 is 1.83 bits per heavy atom. The lowest BCUT2D eigenvalue weighted by atomic mass is 10.2. The van der Waals surface area contributed by atoms with E-state index in [0.717, 1.165) is 37.3 Å². The van der Waals surface area contributed by atoms with Gasteiger partial charge in [-0.15, -0.1) is 0 Å². The van der Waals surface area contributed by atoms with Gasteiger partial charge in [0.15, 0.2) is 11.6 Å². The van der Waals surface area contributed by atoms with E-state index in [9.17, 15) is 4.39 Å². The van der Waals surface area contributed by atoms with Crippen molar-refractivity contribution in [2.24, 2.45) is 0 Å². The molecule has 1 aliphatic rings. The van der Waals surface area contributed by atoms with Crippen LogP contribution in [0.25, 0.3) is 0 Å². The molecule has 1 saturated heterocycles. The van der Waals surface area contributed by atoms with Gasteiger partial charge in [0.25, 0.3) is 0 Å². The Morgan fingerprint density at radius 1 is 1.09 bits per heavy atom. The molecular formula is C18H20ClFN2O. The highest BCUT2D eigenvalue weighted by molar-refractivity contribution is 6.32. The van der Waals surface area contributed by atoms with Crippen LogP contribution >= 0.6 is 11.6 Å². The lowest BCUT2D eigenvalue weighted by Crippen LogP contribution is -2.42. The molecule has 1 heterocycles. The van der Waals surface area contributed by atoms with E-state index in [1.165, 1.54) is 6.07 Å². The fourth-order valence-corrected chi connectivity index (χ4v) is 2.98. The second kappa shape index (κ2) is 7.77. The molecule has 5 heteroatoms. The Hall–Kier alpha value is -1.62. The van der Waals surface area contributed by atoms with E-state index < -0.39 is 5.82 Å². The van der Waals surface area contributed by atoms with Crippen molar-refractivity contribution >= 4 is 11.6 Å². The molecule has 0 bridgehead atoms. The van der Waals surface area contributed by atoms with E-state index in [1.807, 2.05) is 30.3 Å². The van der Waals surface area contributed by atoms with Gasteiger partial charge >= 0.3 is 0 Å². The van der Waals surface area contributed by atoms with Gasteiger partial charge in [0, 0.05) is 32.7 Å². The molecule has 0 spiro atoms. The lowest BCUT2D eigenvalue weighted by Gasteiger charge is -2.27. The zero-order valence-electron chi connectivity index (χ0n) is 12.9. The zero-order valence-corrected chi connectivity index (χ0v) is 13.7. The average molecular weight is 335 g/mol. The predicted octanol–water partition coefficient (Wildman–Crippen LogP) is 3.46. The van der Waals surface area contributed by atoms with Crippen molar-refractivity contribution in [3.05, 3.63) is 64.4 Å². The molecule has 1 aliphatic heterocycles. The number of ether oxygens (including phenoxy) is 1. The van der Waals surface area contributed by atoms with Crippen molar-refractivity contribution in [2.45, 2.75) is 13.2 Å². The molecule has 1 N–H and O–H groups in total. The van der Waals surface area contributed by atoms with Crippen LogP contribution in [0.2, 0.25) is 5.02 Å². The van der Waals surface area contributed by atoms with Gasteiger partial charge in [-0.05, 0) is 23.3 Å². The monoisotopic (exact) mass is 334 g/mol. The summed E-state index contributed by atoms with van der Waals surface area (Å²) < 4.78 is 19.9. The molecule has 0 aromatic heterocycles. The highest BCUT2D eigenvalue weighted by atomic mass is 35.5. The van der Waals surface area contributed by atoms with E-state index in [0.29, 0.717) is 18.2 Å². The van der Waals surface area contributed by atoms with Crippen molar-refractivity contribution in [3.63, 3.8) is 0 Å². The molecular weight excluding hydrogens is 315 g/mol. The molecule has 0 unspecified atom stereocenters. The van der Waals surface area contributed by atoms with Crippen molar-refractivity contribution in [1.82, 2.24) is 10.2 Å². The number of hydrogen-bond acceptors (Lipinski definition) is 3. The SMILES string of the molecule is Fc1cc(CN2CCNCC2)cc(Cl)c1OCc1ccccc1. The van der Waals surface area contributed by atoms with Gasteiger partial charge in [-0.2, -0.15) is 0 Å². The van der Waals surface area contributed by atoms with E-state index in [1.54, 1.807) is 6.07 Å². The van der Waals surface area contributed by atoms with Crippen LogP contribution in [0.4, 0.5) is 4.39 Å². The molecule has 0 atom stereocenters. The van der Waals surface area contributed by atoms with Crippen LogP contribution in [0.3, 0.4) is 0 Å². The molecule has 2 aromatic carbocycles. The molecule has 3 nitrogen and oxygen atoms in total. The van der Waals surface area contributed by atoms with Crippen LogP contribution in [-0.2, 0) is 13.2 Å². The molecule has 122 valence electrons. The minimum absolute atomic E-state index is 0.125. The van der Waals surface area contributed by atoms with Crippen LogP contribution in [0, 0.1) is 5.82 Å². The molecule has 3 rings (SSSR count). The fourth-order valence-electron chi connectivity index (χ4n) is 2.70. The first-order valence-electron chi connectivity index (χ1n) is 7.80. The minimum atomic E-state index is -0.404. The maximum absolute atomic E-state index is 14.3. The summed E-state index contributed by atoms with van der Waals surface area (Å²) in [5, 5.41) is 3.63. The Labute approximate surface area is 141 Å². The van der Waals surface area contributed by atoms with Gasteiger partial charge < -0.3 is 10.1 Å². The average Bonchev–Trinajstić information content (AvgIpc) is 2.56. The van der Waals surface area contributed by atoms with Gasteiger partial charge in [-0.1, -0.05) is 41.9 Å². The summed E-state index contributed by atoms with van der Waals surface area (Å²) in [6, 6.07) is 13.0. The summed E-state index contributed by atoms with van der Waals surface area (Å²) in [5.41, 5.74) is 1.86. The summed E-state index contributed by atoms with van der Waals surface area (Å²) in [7, 11) is 0. The number of halogens is 2. The minimum Gasteiger partial charge on any atom is -0.484 e. The summed E-state index contributed by atoms with van der Waals surface area (Å²) in [4.78, 5) is 2.28. The molecule has 2 aromatic rings. The first-order valence-corrected chi connectivity index (χ1v) is 8.18. The highest BCUT2D eigenvalue weighted by Gasteiger charge is 2.15. The van der Waals surface area contributed by atoms with Crippen molar-refractivity contribution < 1.29 is 9.13 Å². The number of benzene rings is 2. The predicted molar refractivity (Wildman–Crippen MR) is 90.3 cm³/mol. The fraction of sp³-hybridized carbons (Fsp3) is 0.333. The zero-order chi connectivity index (χ0) is 16.1. The van der Waals surface area contributed by atoms with Crippen LogP contribution in [0.1, 0.15) is 11.1 Å². The normalized spacial score (nSPS) is 15.6. The van der Waals surface area contributed by atoms with E-state index in [4.69, 9.17) is 16.3 Å². The number of rotatable bonds is 5. The molecule has 0 aliphatic carbocycles. The van der Waals surface area contributed by atoms with Gasteiger partial charge in [-0.25, -0.2) is 4.39 Å². The third kappa shape index (κ3) is 4.44.